The molecular weight excluding hydrogens is 144 g/mol. The van der Waals surface area contributed by atoms with E-state index in [1.807, 2.05) is 6.92 Å². The maximum absolute atomic E-state index is 10.6. The summed E-state index contributed by atoms with van der Waals surface area (Å²) in [6, 6.07) is 0. The van der Waals surface area contributed by atoms with Gasteiger partial charge in [0.2, 0.25) is 0 Å². The van der Waals surface area contributed by atoms with Crippen molar-refractivity contribution < 1.29 is 14.6 Å². The standard InChI is InChI=1S/C8H16O3/c1-7(6-9)4-3-5-8(10)11-2/h7,9H,3-6H2,1-2H3/t7-/m0/s1. The van der Waals surface area contributed by atoms with Gasteiger partial charge >= 0.3 is 5.97 Å². The van der Waals surface area contributed by atoms with E-state index in [1.165, 1.54) is 7.11 Å². The van der Waals surface area contributed by atoms with Crippen molar-refractivity contribution in [3.8, 4) is 0 Å². The van der Waals surface area contributed by atoms with Gasteiger partial charge in [0.15, 0.2) is 0 Å². The Kier molecular flexibility index (Phi) is 5.84. The van der Waals surface area contributed by atoms with Gasteiger partial charge in [-0.05, 0) is 18.8 Å². The molecule has 0 aliphatic carbocycles. The average molecular weight is 160 g/mol. The highest BCUT2D eigenvalue weighted by molar-refractivity contribution is 5.68. The van der Waals surface area contributed by atoms with Crippen LogP contribution in [0.15, 0.2) is 0 Å². The average Bonchev–Trinajstić information content (AvgIpc) is 2.04. The number of methoxy groups -OCH3 is 1. The van der Waals surface area contributed by atoms with Crippen LogP contribution in [0.25, 0.3) is 0 Å². The molecule has 3 nitrogen and oxygen atoms in total. The van der Waals surface area contributed by atoms with Crippen LogP contribution >= 0.6 is 0 Å². The third-order valence-corrected chi connectivity index (χ3v) is 1.62. The predicted octanol–water partition coefficient (Wildman–Crippen LogP) is 0.958. The molecule has 11 heavy (non-hydrogen) atoms. The van der Waals surface area contributed by atoms with Crippen molar-refractivity contribution in [1.82, 2.24) is 0 Å². The van der Waals surface area contributed by atoms with Crippen molar-refractivity contribution in [2.75, 3.05) is 13.7 Å². The number of ether oxygens (including phenoxy) is 1. The summed E-state index contributed by atoms with van der Waals surface area (Å²) in [4.78, 5) is 10.6. The molecule has 1 atom stereocenters. The number of esters is 1. The van der Waals surface area contributed by atoms with Crippen LogP contribution in [-0.2, 0) is 9.53 Å². The van der Waals surface area contributed by atoms with Crippen LogP contribution in [-0.4, -0.2) is 24.8 Å². The second-order valence-electron chi connectivity index (χ2n) is 2.76. The van der Waals surface area contributed by atoms with Gasteiger partial charge in [-0.25, -0.2) is 0 Å². The number of aliphatic hydroxyl groups is 1. The summed E-state index contributed by atoms with van der Waals surface area (Å²) >= 11 is 0. The highest BCUT2D eigenvalue weighted by atomic mass is 16.5. The first-order valence-corrected chi connectivity index (χ1v) is 3.88. The molecule has 0 radical (unpaired) electrons. The van der Waals surface area contributed by atoms with E-state index in [4.69, 9.17) is 5.11 Å². The van der Waals surface area contributed by atoms with E-state index in [1.54, 1.807) is 0 Å². The minimum absolute atomic E-state index is 0.171. The molecule has 3 heteroatoms. The number of hydrogen-bond acceptors (Lipinski definition) is 3. The molecule has 0 unspecified atom stereocenters. The van der Waals surface area contributed by atoms with Gasteiger partial charge in [0, 0.05) is 13.0 Å². The smallest absolute Gasteiger partial charge is 0.305 e. The lowest BCUT2D eigenvalue weighted by Gasteiger charge is -2.05. The monoisotopic (exact) mass is 160 g/mol. The molecule has 0 rings (SSSR count). The minimum Gasteiger partial charge on any atom is -0.469 e. The first-order valence-electron chi connectivity index (χ1n) is 3.88. The van der Waals surface area contributed by atoms with Crippen molar-refractivity contribution in [2.45, 2.75) is 26.2 Å². The summed E-state index contributed by atoms with van der Waals surface area (Å²) in [5.74, 6) is 0.120. The second-order valence-corrected chi connectivity index (χ2v) is 2.76. The number of rotatable bonds is 5. The van der Waals surface area contributed by atoms with E-state index in [0.29, 0.717) is 12.3 Å². The van der Waals surface area contributed by atoms with Crippen LogP contribution < -0.4 is 0 Å². The van der Waals surface area contributed by atoms with Crippen molar-refractivity contribution in [3.63, 3.8) is 0 Å². The topological polar surface area (TPSA) is 46.5 Å². The Balaban J connectivity index is 3.20. The van der Waals surface area contributed by atoms with Crippen molar-refractivity contribution in [1.29, 1.82) is 0 Å². The van der Waals surface area contributed by atoms with Gasteiger partial charge in [0.05, 0.1) is 7.11 Å². The third kappa shape index (κ3) is 5.85. The van der Waals surface area contributed by atoms with E-state index < -0.39 is 0 Å². The summed E-state index contributed by atoms with van der Waals surface area (Å²) in [6.07, 6.45) is 2.14. The van der Waals surface area contributed by atoms with Gasteiger partial charge in [0.25, 0.3) is 0 Å². The molecule has 0 aliphatic heterocycles. The van der Waals surface area contributed by atoms with Crippen LogP contribution in [0.3, 0.4) is 0 Å². The highest BCUT2D eigenvalue weighted by Crippen LogP contribution is 2.06. The molecule has 0 aromatic heterocycles. The zero-order valence-corrected chi connectivity index (χ0v) is 7.17. The van der Waals surface area contributed by atoms with Crippen molar-refractivity contribution >= 4 is 5.97 Å². The molecule has 1 N–H and O–H groups in total. The molecule has 0 aliphatic rings. The summed E-state index contributed by atoms with van der Waals surface area (Å²) < 4.78 is 4.46. The summed E-state index contributed by atoms with van der Waals surface area (Å²) in [6.45, 7) is 2.15. The molecule has 66 valence electrons. The Hall–Kier alpha value is -0.570. The van der Waals surface area contributed by atoms with Crippen LogP contribution in [0.5, 0.6) is 0 Å². The van der Waals surface area contributed by atoms with E-state index in [0.717, 1.165) is 12.8 Å². The maximum atomic E-state index is 10.6. The zero-order chi connectivity index (χ0) is 8.69. The Bertz CT molecular complexity index is 112. The number of carbonyl (C=O) groups is 1. The SMILES string of the molecule is COC(=O)CCC[C@H](C)CO. The van der Waals surface area contributed by atoms with Gasteiger partial charge < -0.3 is 9.84 Å². The Morgan fingerprint density at radius 3 is 2.73 bits per heavy atom. The lowest BCUT2D eigenvalue weighted by molar-refractivity contribution is -0.140. The Morgan fingerprint density at radius 2 is 2.27 bits per heavy atom. The summed E-state index contributed by atoms with van der Waals surface area (Å²) in [5, 5.41) is 8.64. The fourth-order valence-corrected chi connectivity index (χ4v) is 0.788. The summed E-state index contributed by atoms with van der Waals surface area (Å²) in [5.41, 5.74) is 0. The van der Waals surface area contributed by atoms with E-state index in [2.05, 4.69) is 4.74 Å². The fourth-order valence-electron chi connectivity index (χ4n) is 0.788. The molecule has 0 saturated heterocycles. The largest absolute Gasteiger partial charge is 0.469 e. The Labute approximate surface area is 67.4 Å². The quantitative estimate of drug-likeness (QED) is 0.609. The molecule has 0 heterocycles. The number of carbonyl (C=O) groups excluding carboxylic acids is 1. The molecule has 0 fully saturated rings. The van der Waals surface area contributed by atoms with Gasteiger partial charge in [0.1, 0.15) is 0 Å². The van der Waals surface area contributed by atoms with Crippen LogP contribution in [0.4, 0.5) is 0 Å². The van der Waals surface area contributed by atoms with Crippen molar-refractivity contribution in [3.05, 3.63) is 0 Å². The van der Waals surface area contributed by atoms with Gasteiger partial charge in [-0.3, -0.25) is 4.79 Å². The van der Waals surface area contributed by atoms with Crippen LogP contribution in [0.2, 0.25) is 0 Å². The van der Waals surface area contributed by atoms with Crippen LogP contribution in [0.1, 0.15) is 26.2 Å². The molecule has 0 aromatic rings. The van der Waals surface area contributed by atoms with Gasteiger partial charge in [-0.1, -0.05) is 6.92 Å². The molecule has 0 aromatic carbocycles. The lowest BCUT2D eigenvalue weighted by atomic mass is 10.1. The minimum atomic E-state index is -0.171. The highest BCUT2D eigenvalue weighted by Gasteiger charge is 2.03. The normalized spacial score (nSPS) is 12.6. The molecule has 0 spiro atoms. The van der Waals surface area contributed by atoms with E-state index >= 15 is 0 Å². The number of hydrogen-bond donors (Lipinski definition) is 1. The van der Waals surface area contributed by atoms with E-state index in [-0.39, 0.29) is 12.6 Å². The fraction of sp³-hybridized carbons (Fsp3) is 0.875. The Morgan fingerprint density at radius 1 is 1.64 bits per heavy atom. The maximum Gasteiger partial charge on any atom is 0.305 e. The van der Waals surface area contributed by atoms with Gasteiger partial charge in [-0.15, -0.1) is 0 Å². The predicted molar refractivity (Wildman–Crippen MR) is 42.1 cm³/mol. The van der Waals surface area contributed by atoms with E-state index in [9.17, 15) is 4.79 Å². The van der Waals surface area contributed by atoms with Gasteiger partial charge in [-0.2, -0.15) is 0 Å². The first kappa shape index (κ1) is 10.4. The molecule has 0 saturated carbocycles. The summed E-state index contributed by atoms with van der Waals surface area (Å²) in [7, 11) is 1.39. The van der Waals surface area contributed by atoms with Crippen LogP contribution in [0, 0.1) is 5.92 Å². The molecular formula is C8H16O3. The third-order valence-electron chi connectivity index (χ3n) is 1.62. The molecule has 0 amide bonds. The molecule has 0 bridgehead atoms. The zero-order valence-electron chi connectivity index (χ0n) is 7.17. The first-order chi connectivity index (χ1) is 5.20. The van der Waals surface area contributed by atoms with Crippen molar-refractivity contribution in [2.24, 2.45) is 5.92 Å². The number of aliphatic hydroxyl groups excluding tert-OH is 1. The lowest BCUT2D eigenvalue weighted by Crippen LogP contribution is -2.04. The second kappa shape index (κ2) is 6.16.